The van der Waals surface area contributed by atoms with Crippen molar-refractivity contribution in [3.05, 3.63) is 50.7 Å². The number of hydrogen-bond donors (Lipinski definition) is 1. The summed E-state index contributed by atoms with van der Waals surface area (Å²) in [4.78, 5) is 44.8. The predicted octanol–water partition coefficient (Wildman–Crippen LogP) is 3.77. The van der Waals surface area contributed by atoms with E-state index in [4.69, 9.17) is 16.3 Å². The van der Waals surface area contributed by atoms with Crippen LogP contribution in [0.4, 0.5) is 10.5 Å². The number of nitrogens with one attached hydrogen (secondary N) is 1. The number of ether oxygens (including phenoxy) is 1. The van der Waals surface area contributed by atoms with Gasteiger partial charge in [-0.05, 0) is 48.4 Å². The number of benzene rings is 1. The van der Waals surface area contributed by atoms with E-state index in [0.717, 1.165) is 24.9 Å². The van der Waals surface area contributed by atoms with E-state index in [0.29, 0.717) is 35.7 Å². The Bertz CT molecular complexity index is 1100. The molecule has 0 radical (unpaired) electrons. The zero-order chi connectivity index (χ0) is 25.1. The van der Waals surface area contributed by atoms with Crippen molar-refractivity contribution in [2.24, 2.45) is 0 Å². The topological polar surface area (TPSA) is 82.2 Å². The average Bonchev–Trinajstić information content (AvgIpc) is 3.45. The van der Waals surface area contributed by atoms with Gasteiger partial charge in [0.1, 0.15) is 6.04 Å². The number of amides is 4. The van der Waals surface area contributed by atoms with Crippen LogP contribution in [0.1, 0.15) is 40.1 Å². The summed E-state index contributed by atoms with van der Waals surface area (Å²) in [6.45, 7) is 1.21. The largest absolute Gasteiger partial charge is 0.380 e. The summed E-state index contributed by atoms with van der Waals surface area (Å²) in [7, 11) is 4.93. The fourth-order valence-corrected chi connectivity index (χ4v) is 5.79. The highest BCUT2D eigenvalue weighted by molar-refractivity contribution is 7.10. The van der Waals surface area contributed by atoms with Crippen LogP contribution in [0, 0.1) is 0 Å². The number of halogens is 1. The minimum absolute atomic E-state index is 0.0725. The maximum atomic E-state index is 13.3. The van der Waals surface area contributed by atoms with Gasteiger partial charge in [-0.25, -0.2) is 4.79 Å². The highest BCUT2D eigenvalue weighted by Crippen LogP contribution is 2.32. The molecule has 1 aromatic carbocycles. The van der Waals surface area contributed by atoms with Gasteiger partial charge >= 0.3 is 6.03 Å². The van der Waals surface area contributed by atoms with Crippen LogP contribution in [0.2, 0.25) is 5.02 Å². The zero-order valence-corrected chi connectivity index (χ0v) is 21.8. The number of carbonyl (C=O) groups excluding carboxylic acids is 3. The summed E-state index contributed by atoms with van der Waals surface area (Å²) in [5, 5.41) is 5.30. The Morgan fingerprint density at radius 3 is 2.74 bits per heavy atom. The second kappa shape index (κ2) is 11.0. The van der Waals surface area contributed by atoms with Crippen LogP contribution in [-0.4, -0.2) is 74.1 Å². The first-order chi connectivity index (χ1) is 16.8. The number of hydrogen-bond acceptors (Lipinski definition) is 5. The minimum atomic E-state index is -0.568. The third-order valence-corrected chi connectivity index (χ3v) is 7.93. The van der Waals surface area contributed by atoms with Gasteiger partial charge in [-0.2, -0.15) is 0 Å². The van der Waals surface area contributed by atoms with Crippen LogP contribution >= 0.6 is 22.9 Å². The molecule has 0 aliphatic carbocycles. The standard InChI is InChI=1S/C25H31ClN4O4S/c1-28(2)24(32)21-13-18(34-3)15-30(21)25(33)27-14-17-8-7-16(12-19(17)26)23(31)29-10-5-4-6-22-20(29)9-11-35-22/h7-9,11-12,18,21H,4-6,10,13-15H2,1-3H3,(H,27,33)/t18-,21+/m1/s1. The molecular formula is C25H31ClN4O4S. The van der Waals surface area contributed by atoms with E-state index in [1.165, 1.54) is 14.7 Å². The molecule has 8 nitrogen and oxygen atoms in total. The van der Waals surface area contributed by atoms with Crippen LogP contribution in [-0.2, 0) is 22.5 Å². The monoisotopic (exact) mass is 518 g/mol. The maximum Gasteiger partial charge on any atom is 0.318 e. The van der Waals surface area contributed by atoms with E-state index < -0.39 is 6.04 Å². The lowest BCUT2D eigenvalue weighted by Gasteiger charge is -2.26. The molecule has 1 saturated heterocycles. The lowest BCUT2D eigenvalue weighted by atomic mass is 10.1. The summed E-state index contributed by atoms with van der Waals surface area (Å²) in [6.07, 6.45) is 3.30. The molecule has 0 saturated carbocycles. The molecular weight excluding hydrogens is 488 g/mol. The van der Waals surface area contributed by atoms with E-state index in [2.05, 4.69) is 5.32 Å². The van der Waals surface area contributed by atoms with Gasteiger partial charge in [0.2, 0.25) is 5.91 Å². The third kappa shape index (κ3) is 5.47. The number of likely N-dealkylation sites (N-methyl/N-ethyl adjacent to an activating group) is 1. The molecule has 0 spiro atoms. The Morgan fingerprint density at radius 1 is 1.23 bits per heavy atom. The minimum Gasteiger partial charge on any atom is -0.380 e. The first-order valence-corrected chi connectivity index (χ1v) is 13.0. The summed E-state index contributed by atoms with van der Waals surface area (Å²) in [5.74, 6) is -0.209. The van der Waals surface area contributed by atoms with Crippen LogP contribution in [0.3, 0.4) is 0 Å². The Kier molecular flexibility index (Phi) is 7.98. The van der Waals surface area contributed by atoms with E-state index in [9.17, 15) is 14.4 Å². The molecule has 2 aromatic rings. The summed E-state index contributed by atoms with van der Waals surface area (Å²) >= 11 is 8.21. The van der Waals surface area contributed by atoms with E-state index in [1.807, 2.05) is 16.3 Å². The number of likely N-dealkylation sites (tertiary alicyclic amines) is 1. The zero-order valence-electron chi connectivity index (χ0n) is 20.3. The van der Waals surface area contributed by atoms with Crippen molar-refractivity contribution in [3.63, 3.8) is 0 Å². The number of nitrogens with zero attached hydrogens (tertiary/aromatic N) is 3. The smallest absolute Gasteiger partial charge is 0.318 e. The van der Waals surface area contributed by atoms with Gasteiger partial charge in [0, 0.05) is 62.7 Å². The fraction of sp³-hybridized carbons (Fsp3) is 0.480. The summed E-state index contributed by atoms with van der Waals surface area (Å²) in [6, 6.07) is 6.28. The predicted molar refractivity (Wildman–Crippen MR) is 137 cm³/mol. The summed E-state index contributed by atoms with van der Waals surface area (Å²) in [5.41, 5.74) is 2.21. The number of carbonyl (C=O) groups is 3. The Balaban J connectivity index is 1.43. The second-order valence-corrected chi connectivity index (χ2v) is 10.5. The van der Waals surface area contributed by atoms with Gasteiger partial charge in [0.05, 0.1) is 11.8 Å². The maximum absolute atomic E-state index is 13.3. The highest BCUT2D eigenvalue weighted by atomic mass is 35.5. The van der Waals surface area contributed by atoms with Crippen molar-refractivity contribution in [2.45, 2.75) is 44.4 Å². The van der Waals surface area contributed by atoms with Gasteiger partial charge < -0.3 is 24.8 Å². The SMILES string of the molecule is CO[C@@H]1C[C@@H](C(=O)N(C)C)N(C(=O)NCc2ccc(C(=O)N3CCCCc4sccc43)cc2Cl)C1. The van der Waals surface area contributed by atoms with Crippen molar-refractivity contribution in [2.75, 3.05) is 39.2 Å². The van der Waals surface area contributed by atoms with Crippen LogP contribution in [0.25, 0.3) is 0 Å². The van der Waals surface area contributed by atoms with Crippen LogP contribution in [0.5, 0.6) is 0 Å². The van der Waals surface area contributed by atoms with Crippen molar-refractivity contribution in [1.82, 2.24) is 15.1 Å². The van der Waals surface area contributed by atoms with Gasteiger partial charge in [0.25, 0.3) is 5.91 Å². The molecule has 2 aliphatic heterocycles. The van der Waals surface area contributed by atoms with Crippen molar-refractivity contribution in [3.8, 4) is 0 Å². The first-order valence-electron chi connectivity index (χ1n) is 11.7. The molecule has 35 heavy (non-hydrogen) atoms. The van der Waals surface area contributed by atoms with E-state index in [-0.39, 0.29) is 30.5 Å². The number of urea groups is 1. The quantitative estimate of drug-likeness (QED) is 0.653. The van der Waals surface area contributed by atoms with Gasteiger partial charge in [-0.3, -0.25) is 9.59 Å². The second-order valence-electron chi connectivity index (χ2n) is 9.10. The van der Waals surface area contributed by atoms with Crippen molar-refractivity contribution in [1.29, 1.82) is 0 Å². The number of thiophene rings is 1. The lowest BCUT2D eigenvalue weighted by molar-refractivity contribution is -0.132. The van der Waals surface area contributed by atoms with Crippen LogP contribution in [0.15, 0.2) is 29.6 Å². The van der Waals surface area contributed by atoms with Gasteiger partial charge in [-0.15, -0.1) is 11.3 Å². The van der Waals surface area contributed by atoms with Crippen molar-refractivity contribution >= 4 is 46.5 Å². The molecule has 2 atom stereocenters. The molecule has 1 N–H and O–H groups in total. The van der Waals surface area contributed by atoms with Gasteiger partial charge in [0.15, 0.2) is 0 Å². The highest BCUT2D eigenvalue weighted by Gasteiger charge is 2.40. The molecule has 4 amide bonds. The molecule has 1 fully saturated rings. The average molecular weight is 519 g/mol. The van der Waals surface area contributed by atoms with E-state index in [1.54, 1.807) is 50.7 Å². The first kappa shape index (κ1) is 25.5. The fourth-order valence-electron chi connectivity index (χ4n) is 4.63. The number of rotatable bonds is 5. The molecule has 2 aliphatic rings. The molecule has 188 valence electrons. The Morgan fingerprint density at radius 2 is 2.03 bits per heavy atom. The van der Waals surface area contributed by atoms with Crippen LogP contribution < -0.4 is 10.2 Å². The Hall–Kier alpha value is -2.62. The third-order valence-electron chi connectivity index (χ3n) is 6.61. The van der Waals surface area contributed by atoms with Gasteiger partial charge in [-0.1, -0.05) is 17.7 Å². The molecule has 1 aromatic heterocycles. The lowest BCUT2D eigenvalue weighted by Crippen LogP contribution is -2.49. The molecule has 0 unspecified atom stereocenters. The summed E-state index contributed by atoms with van der Waals surface area (Å²) < 4.78 is 5.39. The number of methoxy groups -OCH3 is 1. The number of aryl methyl sites for hydroxylation is 1. The number of anilines is 1. The normalized spacial score (nSPS) is 19.8. The Labute approximate surface area is 214 Å². The van der Waals surface area contributed by atoms with E-state index >= 15 is 0 Å². The van der Waals surface area contributed by atoms with Crippen molar-refractivity contribution < 1.29 is 19.1 Å². The molecule has 4 rings (SSSR count). The number of fused-ring (bicyclic) bond motifs is 1. The molecule has 0 bridgehead atoms. The molecule has 10 heteroatoms. The molecule has 3 heterocycles.